The highest BCUT2D eigenvalue weighted by atomic mass is 16.5. The lowest BCUT2D eigenvalue weighted by molar-refractivity contribution is -0.132. The first-order valence-corrected chi connectivity index (χ1v) is 9.70. The van der Waals surface area contributed by atoms with Crippen LogP contribution in [0.2, 0.25) is 0 Å². The van der Waals surface area contributed by atoms with Gasteiger partial charge in [0.2, 0.25) is 5.91 Å². The normalized spacial score (nSPS) is 14.3. The maximum absolute atomic E-state index is 12.8. The van der Waals surface area contributed by atoms with Crippen LogP contribution >= 0.6 is 0 Å². The second-order valence-electron chi connectivity index (χ2n) is 7.16. The number of hydrogen-bond donors (Lipinski definition) is 0. The van der Waals surface area contributed by atoms with Gasteiger partial charge in [0, 0.05) is 43.3 Å². The first kappa shape index (κ1) is 19.0. The number of rotatable bonds is 4. The first-order chi connectivity index (χ1) is 14.1. The summed E-state index contributed by atoms with van der Waals surface area (Å²) in [5.41, 5.74) is 1.60. The summed E-state index contributed by atoms with van der Waals surface area (Å²) in [5, 5.41) is 5.77. The molecule has 0 atom stereocenters. The average Bonchev–Trinajstić information content (AvgIpc) is 2.77. The van der Waals surface area contributed by atoms with Crippen molar-refractivity contribution in [1.29, 1.82) is 0 Å². The number of fused-ring (bicyclic) bond motifs is 1. The maximum Gasteiger partial charge on any atom is 0.275 e. The van der Waals surface area contributed by atoms with E-state index in [1.165, 1.54) is 4.68 Å². The minimum Gasteiger partial charge on any atom is -0.497 e. The Bertz CT molecular complexity index is 1100. The average molecular weight is 392 g/mol. The zero-order valence-corrected chi connectivity index (χ0v) is 16.7. The number of ether oxygens (including phenoxy) is 1. The van der Waals surface area contributed by atoms with Crippen LogP contribution in [0.15, 0.2) is 53.3 Å². The number of aryl methyl sites for hydroxylation is 1. The van der Waals surface area contributed by atoms with Gasteiger partial charge in [-0.3, -0.25) is 9.59 Å². The van der Waals surface area contributed by atoms with E-state index in [1.807, 2.05) is 49.4 Å². The number of anilines is 1. The Labute approximate surface area is 169 Å². The number of carbonyl (C=O) groups is 1. The van der Waals surface area contributed by atoms with Crippen LogP contribution in [0.3, 0.4) is 0 Å². The molecule has 0 radical (unpaired) electrons. The van der Waals surface area contributed by atoms with E-state index in [9.17, 15) is 9.59 Å². The lowest BCUT2D eigenvalue weighted by Gasteiger charge is -2.36. The molecule has 0 unspecified atom stereocenters. The summed E-state index contributed by atoms with van der Waals surface area (Å²) in [4.78, 5) is 29.5. The van der Waals surface area contributed by atoms with Gasteiger partial charge < -0.3 is 14.5 Å². The topological polar surface area (TPSA) is 67.7 Å². The number of piperazine rings is 1. The van der Waals surface area contributed by atoms with Gasteiger partial charge >= 0.3 is 0 Å². The van der Waals surface area contributed by atoms with Gasteiger partial charge in [-0.2, -0.15) is 5.10 Å². The Morgan fingerprint density at radius 3 is 2.48 bits per heavy atom. The molecule has 0 saturated carbocycles. The Hall–Kier alpha value is -3.35. The van der Waals surface area contributed by atoms with Crippen LogP contribution in [0.5, 0.6) is 5.75 Å². The van der Waals surface area contributed by atoms with Crippen LogP contribution in [-0.2, 0) is 11.3 Å². The number of carbonyl (C=O) groups excluding carboxylic acids is 1. The predicted octanol–water partition coefficient (Wildman–Crippen LogP) is 2.06. The zero-order valence-electron chi connectivity index (χ0n) is 16.7. The molecule has 2 aromatic carbocycles. The third kappa shape index (κ3) is 3.81. The van der Waals surface area contributed by atoms with Crippen molar-refractivity contribution in [2.24, 2.45) is 0 Å². The summed E-state index contributed by atoms with van der Waals surface area (Å²) in [6, 6.07) is 15.3. The van der Waals surface area contributed by atoms with E-state index < -0.39 is 0 Å². The molecule has 29 heavy (non-hydrogen) atoms. The van der Waals surface area contributed by atoms with Crippen LogP contribution < -0.4 is 15.2 Å². The summed E-state index contributed by atoms with van der Waals surface area (Å²) in [7, 11) is 1.65. The standard InChI is InChI=1S/C22H24N4O3/c1-16-19-8-3-4-9-20(19)22(28)26(23-16)15-21(27)25-12-10-24(11-13-25)17-6-5-7-18(14-17)29-2/h3-9,14H,10-13,15H2,1-2H3. The quantitative estimate of drug-likeness (QED) is 0.680. The molecule has 150 valence electrons. The fraction of sp³-hybridized carbons (Fsp3) is 0.318. The third-order valence-corrected chi connectivity index (χ3v) is 5.39. The van der Waals surface area contributed by atoms with Crippen molar-refractivity contribution < 1.29 is 9.53 Å². The van der Waals surface area contributed by atoms with E-state index in [0.29, 0.717) is 18.5 Å². The van der Waals surface area contributed by atoms with Crippen molar-refractivity contribution in [3.05, 3.63) is 64.6 Å². The second-order valence-corrected chi connectivity index (χ2v) is 7.16. The van der Waals surface area contributed by atoms with Crippen LogP contribution in [0.1, 0.15) is 5.69 Å². The summed E-state index contributed by atoms with van der Waals surface area (Å²) in [6.45, 7) is 4.50. The van der Waals surface area contributed by atoms with E-state index >= 15 is 0 Å². The lowest BCUT2D eigenvalue weighted by Crippen LogP contribution is -2.50. The number of methoxy groups -OCH3 is 1. The molecule has 3 aromatic rings. The number of amides is 1. The molecule has 0 bridgehead atoms. The summed E-state index contributed by atoms with van der Waals surface area (Å²) in [6.07, 6.45) is 0. The van der Waals surface area contributed by atoms with E-state index in [-0.39, 0.29) is 18.0 Å². The minimum absolute atomic E-state index is 0.0380. The molecule has 0 aliphatic carbocycles. The Morgan fingerprint density at radius 1 is 1.03 bits per heavy atom. The van der Waals surface area contributed by atoms with Crippen molar-refractivity contribution in [2.75, 3.05) is 38.2 Å². The van der Waals surface area contributed by atoms with Gasteiger partial charge in [0.05, 0.1) is 18.2 Å². The molecule has 1 saturated heterocycles. The minimum atomic E-state index is -0.227. The predicted molar refractivity (Wildman–Crippen MR) is 113 cm³/mol. The summed E-state index contributed by atoms with van der Waals surface area (Å²) < 4.78 is 6.58. The number of aromatic nitrogens is 2. The number of benzene rings is 2. The van der Waals surface area contributed by atoms with Gasteiger partial charge in [0.25, 0.3) is 5.56 Å². The first-order valence-electron chi connectivity index (χ1n) is 9.70. The molecule has 1 aliphatic heterocycles. The molecule has 1 fully saturated rings. The third-order valence-electron chi connectivity index (χ3n) is 5.39. The highest BCUT2D eigenvalue weighted by Gasteiger charge is 2.22. The summed E-state index contributed by atoms with van der Waals surface area (Å²) in [5.74, 6) is 0.734. The Balaban J connectivity index is 1.45. The molecule has 4 rings (SSSR count). The van der Waals surface area contributed by atoms with Gasteiger partial charge in [0.1, 0.15) is 12.3 Å². The molecule has 0 spiro atoms. The smallest absolute Gasteiger partial charge is 0.275 e. The molecule has 7 heteroatoms. The van der Waals surface area contributed by atoms with Crippen molar-refractivity contribution in [2.45, 2.75) is 13.5 Å². The molecule has 7 nitrogen and oxygen atoms in total. The van der Waals surface area contributed by atoms with Crippen molar-refractivity contribution in [1.82, 2.24) is 14.7 Å². The van der Waals surface area contributed by atoms with E-state index in [4.69, 9.17) is 4.74 Å². The van der Waals surface area contributed by atoms with Crippen LogP contribution in [0.25, 0.3) is 10.8 Å². The van der Waals surface area contributed by atoms with Gasteiger partial charge in [-0.25, -0.2) is 4.68 Å². The second kappa shape index (κ2) is 7.95. The zero-order chi connectivity index (χ0) is 20.4. The lowest BCUT2D eigenvalue weighted by atomic mass is 10.1. The van der Waals surface area contributed by atoms with E-state index in [2.05, 4.69) is 10.00 Å². The van der Waals surface area contributed by atoms with Crippen molar-refractivity contribution in [3.8, 4) is 5.75 Å². The molecule has 2 heterocycles. The molecule has 1 aromatic heterocycles. The van der Waals surface area contributed by atoms with Crippen LogP contribution in [0, 0.1) is 6.92 Å². The van der Waals surface area contributed by atoms with E-state index in [1.54, 1.807) is 18.1 Å². The van der Waals surface area contributed by atoms with Gasteiger partial charge in [-0.15, -0.1) is 0 Å². The fourth-order valence-electron chi connectivity index (χ4n) is 3.76. The molecule has 1 amide bonds. The van der Waals surface area contributed by atoms with Crippen LogP contribution in [0.4, 0.5) is 5.69 Å². The van der Waals surface area contributed by atoms with Crippen LogP contribution in [-0.4, -0.2) is 53.9 Å². The Morgan fingerprint density at radius 2 is 1.76 bits per heavy atom. The summed E-state index contributed by atoms with van der Waals surface area (Å²) >= 11 is 0. The Kier molecular flexibility index (Phi) is 5.20. The van der Waals surface area contributed by atoms with Gasteiger partial charge in [-0.1, -0.05) is 24.3 Å². The number of nitrogens with zero attached hydrogens (tertiary/aromatic N) is 4. The highest BCUT2D eigenvalue weighted by molar-refractivity contribution is 5.83. The van der Waals surface area contributed by atoms with E-state index in [0.717, 1.165) is 35.6 Å². The van der Waals surface area contributed by atoms with Gasteiger partial charge in [-0.05, 0) is 25.1 Å². The fourth-order valence-corrected chi connectivity index (χ4v) is 3.76. The molecular formula is C22H24N4O3. The largest absolute Gasteiger partial charge is 0.497 e. The maximum atomic E-state index is 12.8. The highest BCUT2D eigenvalue weighted by Crippen LogP contribution is 2.22. The van der Waals surface area contributed by atoms with Crippen molar-refractivity contribution >= 4 is 22.4 Å². The van der Waals surface area contributed by atoms with Crippen molar-refractivity contribution in [3.63, 3.8) is 0 Å². The molecule has 0 N–H and O–H groups in total. The number of hydrogen-bond acceptors (Lipinski definition) is 5. The molecular weight excluding hydrogens is 368 g/mol. The SMILES string of the molecule is COc1cccc(N2CCN(C(=O)Cn3nc(C)c4ccccc4c3=O)CC2)c1. The monoisotopic (exact) mass is 392 g/mol. The van der Waals surface area contributed by atoms with Gasteiger partial charge in [0.15, 0.2) is 0 Å². The molecule has 1 aliphatic rings.